The quantitative estimate of drug-likeness (QED) is 0.360. The van der Waals surface area contributed by atoms with Crippen molar-refractivity contribution in [2.45, 2.75) is 19.0 Å². The van der Waals surface area contributed by atoms with E-state index in [1.807, 2.05) is 25.2 Å². The van der Waals surface area contributed by atoms with E-state index in [0.29, 0.717) is 6.04 Å². The number of nitrogens with zero attached hydrogens (tertiary/aromatic N) is 3. The molecule has 2 unspecified atom stereocenters. The standard InChI is InChI=1S/C19H31N5O2.HI/c1-14(17-11-16(25-3)5-6-18(17)26-4)22-19(20-2)21-12-15-13-23-7-9-24(15)10-8-23;/h5-6,11,14-15H,7-10,12-13H2,1-4H3,(H2,20,21,22);1H. The van der Waals surface area contributed by atoms with Gasteiger partial charge in [-0.3, -0.25) is 14.8 Å². The average Bonchev–Trinajstić information content (AvgIpc) is 2.71. The predicted molar refractivity (Wildman–Crippen MR) is 120 cm³/mol. The molecule has 2 bridgehead atoms. The number of ether oxygens (including phenoxy) is 2. The van der Waals surface area contributed by atoms with Gasteiger partial charge in [0.05, 0.1) is 20.3 Å². The maximum Gasteiger partial charge on any atom is 0.191 e. The summed E-state index contributed by atoms with van der Waals surface area (Å²) in [6.07, 6.45) is 0. The number of guanidine groups is 1. The van der Waals surface area contributed by atoms with Crippen LogP contribution in [0.4, 0.5) is 0 Å². The first-order valence-corrected chi connectivity index (χ1v) is 9.30. The summed E-state index contributed by atoms with van der Waals surface area (Å²) in [5.41, 5.74) is 1.04. The lowest BCUT2D eigenvalue weighted by atomic mass is 10.1. The number of nitrogens with one attached hydrogen (secondary N) is 2. The molecule has 3 heterocycles. The zero-order chi connectivity index (χ0) is 18.5. The first kappa shape index (κ1) is 22.0. The molecule has 1 aromatic rings. The van der Waals surface area contributed by atoms with Gasteiger partial charge < -0.3 is 20.1 Å². The third-order valence-corrected chi connectivity index (χ3v) is 5.38. The van der Waals surface area contributed by atoms with Gasteiger partial charge in [0.25, 0.3) is 0 Å². The summed E-state index contributed by atoms with van der Waals surface area (Å²) in [5.74, 6) is 2.46. The summed E-state index contributed by atoms with van der Waals surface area (Å²) < 4.78 is 10.9. The Kier molecular flexibility index (Phi) is 8.43. The van der Waals surface area contributed by atoms with Gasteiger partial charge in [0, 0.05) is 57.9 Å². The molecule has 0 spiro atoms. The summed E-state index contributed by atoms with van der Waals surface area (Å²) in [5, 5.41) is 6.95. The summed E-state index contributed by atoms with van der Waals surface area (Å²) in [4.78, 5) is 9.51. The van der Waals surface area contributed by atoms with Gasteiger partial charge in [-0.2, -0.15) is 0 Å². The minimum atomic E-state index is 0. The second kappa shape index (κ2) is 10.3. The predicted octanol–water partition coefficient (Wildman–Crippen LogP) is 1.55. The maximum absolute atomic E-state index is 5.50. The highest BCUT2D eigenvalue weighted by atomic mass is 127. The molecule has 152 valence electrons. The van der Waals surface area contributed by atoms with Gasteiger partial charge in [-0.15, -0.1) is 24.0 Å². The topological polar surface area (TPSA) is 61.4 Å². The van der Waals surface area contributed by atoms with E-state index in [4.69, 9.17) is 9.47 Å². The zero-order valence-electron chi connectivity index (χ0n) is 16.7. The van der Waals surface area contributed by atoms with Gasteiger partial charge in [-0.25, -0.2) is 0 Å². The summed E-state index contributed by atoms with van der Waals surface area (Å²) in [6, 6.07) is 6.44. The molecule has 0 aliphatic carbocycles. The molecule has 0 radical (unpaired) electrons. The van der Waals surface area contributed by atoms with E-state index in [-0.39, 0.29) is 30.0 Å². The average molecular weight is 489 g/mol. The number of halogens is 1. The third kappa shape index (κ3) is 5.39. The number of piperazine rings is 3. The molecule has 1 aromatic carbocycles. The van der Waals surface area contributed by atoms with Crippen LogP contribution in [0.3, 0.4) is 0 Å². The van der Waals surface area contributed by atoms with Crippen LogP contribution in [0, 0.1) is 0 Å². The molecule has 7 nitrogen and oxygen atoms in total. The molecule has 2 N–H and O–H groups in total. The van der Waals surface area contributed by atoms with Crippen molar-refractivity contribution < 1.29 is 9.47 Å². The molecule has 2 atom stereocenters. The van der Waals surface area contributed by atoms with Crippen molar-refractivity contribution in [3.05, 3.63) is 23.8 Å². The molecule has 3 fully saturated rings. The lowest BCUT2D eigenvalue weighted by molar-refractivity contribution is 0.0154. The fourth-order valence-corrected chi connectivity index (χ4v) is 3.79. The molecule has 0 saturated carbocycles. The lowest BCUT2D eigenvalue weighted by Crippen LogP contribution is -2.63. The summed E-state index contributed by atoms with van der Waals surface area (Å²) >= 11 is 0. The Hall–Kier alpha value is -1.26. The molecule has 3 saturated heterocycles. The largest absolute Gasteiger partial charge is 0.497 e. The monoisotopic (exact) mass is 489 g/mol. The molecule has 0 amide bonds. The lowest BCUT2D eigenvalue weighted by Gasteiger charge is -2.47. The summed E-state index contributed by atoms with van der Waals surface area (Å²) in [6.45, 7) is 8.90. The highest BCUT2D eigenvalue weighted by Crippen LogP contribution is 2.29. The SMILES string of the molecule is CN=C(NCC1CN2CCN1CC2)NC(C)c1cc(OC)ccc1OC.I. The van der Waals surface area contributed by atoms with E-state index in [1.54, 1.807) is 14.2 Å². The van der Waals surface area contributed by atoms with Crippen molar-refractivity contribution in [3.8, 4) is 11.5 Å². The van der Waals surface area contributed by atoms with Crippen LogP contribution in [0.5, 0.6) is 11.5 Å². The number of aliphatic imine (C=N–C) groups is 1. The summed E-state index contributed by atoms with van der Waals surface area (Å²) in [7, 11) is 5.17. The van der Waals surface area contributed by atoms with Crippen molar-refractivity contribution in [1.29, 1.82) is 0 Å². The Morgan fingerprint density at radius 3 is 2.52 bits per heavy atom. The second-order valence-electron chi connectivity index (χ2n) is 6.92. The molecule has 3 aliphatic rings. The minimum Gasteiger partial charge on any atom is -0.497 e. The Labute approximate surface area is 179 Å². The highest BCUT2D eigenvalue weighted by Gasteiger charge is 2.31. The van der Waals surface area contributed by atoms with E-state index in [9.17, 15) is 0 Å². The van der Waals surface area contributed by atoms with E-state index < -0.39 is 0 Å². The van der Waals surface area contributed by atoms with Gasteiger partial charge >= 0.3 is 0 Å². The molecule has 3 aliphatic heterocycles. The second-order valence-corrected chi connectivity index (χ2v) is 6.92. The fraction of sp³-hybridized carbons (Fsp3) is 0.632. The Bertz CT molecular complexity index is 635. The van der Waals surface area contributed by atoms with Gasteiger partial charge in [0.15, 0.2) is 5.96 Å². The normalized spacial score (nSPS) is 25.3. The minimum absolute atomic E-state index is 0. The molecule has 0 aromatic heterocycles. The van der Waals surface area contributed by atoms with E-state index in [2.05, 4.69) is 32.3 Å². The van der Waals surface area contributed by atoms with E-state index in [0.717, 1.165) is 36.1 Å². The number of rotatable bonds is 6. The van der Waals surface area contributed by atoms with Crippen LogP contribution in [0.15, 0.2) is 23.2 Å². The van der Waals surface area contributed by atoms with Gasteiger partial charge in [0.2, 0.25) is 0 Å². The Balaban J connectivity index is 0.00000261. The molecule has 8 heteroatoms. The van der Waals surface area contributed by atoms with Crippen molar-refractivity contribution in [1.82, 2.24) is 20.4 Å². The molecule has 27 heavy (non-hydrogen) atoms. The number of hydrogen-bond acceptors (Lipinski definition) is 5. The van der Waals surface area contributed by atoms with Crippen molar-refractivity contribution in [3.63, 3.8) is 0 Å². The van der Waals surface area contributed by atoms with Gasteiger partial charge in [0.1, 0.15) is 11.5 Å². The van der Waals surface area contributed by atoms with E-state index in [1.165, 1.54) is 26.2 Å². The Morgan fingerprint density at radius 1 is 1.22 bits per heavy atom. The van der Waals surface area contributed by atoms with Crippen molar-refractivity contribution in [2.24, 2.45) is 4.99 Å². The van der Waals surface area contributed by atoms with E-state index >= 15 is 0 Å². The van der Waals surface area contributed by atoms with Gasteiger partial charge in [-0.05, 0) is 25.1 Å². The van der Waals surface area contributed by atoms with Crippen LogP contribution in [-0.2, 0) is 0 Å². The number of fused-ring (bicyclic) bond motifs is 3. The third-order valence-electron chi connectivity index (χ3n) is 5.38. The zero-order valence-corrected chi connectivity index (χ0v) is 19.0. The number of methoxy groups -OCH3 is 2. The van der Waals surface area contributed by atoms with Gasteiger partial charge in [-0.1, -0.05) is 0 Å². The maximum atomic E-state index is 5.50. The highest BCUT2D eigenvalue weighted by molar-refractivity contribution is 14.0. The number of benzene rings is 1. The smallest absolute Gasteiger partial charge is 0.191 e. The molecule has 4 rings (SSSR count). The first-order valence-electron chi connectivity index (χ1n) is 9.30. The van der Waals surface area contributed by atoms with Crippen LogP contribution in [0.2, 0.25) is 0 Å². The van der Waals surface area contributed by atoms with Crippen LogP contribution in [-0.4, -0.2) is 82.3 Å². The van der Waals surface area contributed by atoms with Crippen LogP contribution in [0.25, 0.3) is 0 Å². The van der Waals surface area contributed by atoms with Crippen molar-refractivity contribution >= 4 is 29.9 Å². The Morgan fingerprint density at radius 2 is 1.96 bits per heavy atom. The van der Waals surface area contributed by atoms with Crippen LogP contribution >= 0.6 is 24.0 Å². The van der Waals surface area contributed by atoms with Crippen LogP contribution in [0.1, 0.15) is 18.5 Å². The number of hydrogen-bond donors (Lipinski definition) is 2. The van der Waals surface area contributed by atoms with Crippen LogP contribution < -0.4 is 20.1 Å². The molecular formula is C19H32IN5O2. The first-order chi connectivity index (χ1) is 12.6. The van der Waals surface area contributed by atoms with Crippen molar-refractivity contribution in [2.75, 3.05) is 60.5 Å². The molecular weight excluding hydrogens is 457 g/mol. The fourth-order valence-electron chi connectivity index (χ4n) is 3.79.